The van der Waals surface area contributed by atoms with E-state index in [0.717, 1.165) is 4.57 Å². The molecule has 2 aromatic carbocycles. The molecule has 0 aliphatic carbocycles. The summed E-state index contributed by atoms with van der Waals surface area (Å²) in [7, 11) is 1.43. The minimum Gasteiger partial charge on any atom is -0.277 e. The molecule has 0 N–H and O–H groups in total. The van der Waals surface area contributed by atoms with E-state index >= 15 is 0 Å². The first-order chi connectivity index (χ1) is 11.6. The lowest BCUT2D eigenvalue weighted by Gasteiger charge is -2.18. The van der Waals surface area contributed by atoms with Gasteiger partial charge in [0, 0.05) is 12.6 Å². The highest BCUT2D eigenvalue weighted by Gasteiger charge is 2.23. The monoisotopic (exact) mass is 336 g/mol. The van der Waals surface area contributed by atoms with E-state index in [-0.39, 0.29) is 22.2 Å². The highest BCUT2D eigenvalue weighted by atomic mass is 16.2. The van der Waals surface area contributed by atoms with Crippen LogP contribution in [0.25, 0.3) is 32.3 Å². The first-order valence-electron chi connectivity index (χ1n) is 7.94. The molecule has 6 heteroatoms. The molecule has 0 aliphatic heterocycles. The zero-order chi connectivity index (χ0) is 18.3. The van der Waals surface area contributed by atoms with Crippen LogP contribution in [0, 0.1) is 0 Å². The molecule has 0 aliphatic rings. The van der Waals surface area contributed by atoms with Crippen LogP contribution in [0.2, 0.25) is 0 Å². The summed E-state index contributed by atoms with van der Waals surface area (Å²) in [5.74, 6) is 0. The molecule has 0 fully saturated rings. The van der Waals surface area contributed by atoms with Gasteiger partial charge in [-0.1, -0.05) is 0 Å². The highest BCUT2D eigenvalue weighted by Crippen LogP contribution is 2.24. The normalized spacial score (nSPS) is 12.6. The van der Waals surface area contributed by atoms with E-state index in [0.29, 0.717) is 32.3 Å². The van der Waals surface area contributed by atoms with Gasteiger partial charge < -0.3 is 0 Å². The summed E-state index contributed by atoms with van der Waals surface area (Å²) in [5, 5.41) is 2.63. The third-order valence-corrected chi connectivity index (χ3v) is 4.72. The molecule has 0 saturated carbocycles. The van der Waals surface area contributed by atoms with Crippen LogP contribution in [0.5, 0.6) is 0 Å². The van der Waals surface area contributed by atoms with Crippen LogP contribution in [0.1, 0.15) is 20.8 Å². The number of rotatable bonds is 0. The quantitative estimate of drug-likeness (QED) is 0.486. The Morgan fingerprint density at radius 3 is 1.28 bits per heavy atom. The predicted octanol–water partition coefficient (Wildman–Crippen LogP) is 1.36. The molecule has 0 unspecified atom stereocenters. The summed E-state index contributed by atoms with van der Waals surface area (Å²) in [6.45, 7) is 5.41. The molecule has 0 radical (unpaired) electrons. The summed E-state index contributed by atoms with van der Waals surface area (Å²) in [5.41, 5.74) is -2.03. The van der Waals surface area contributed by atoms with Crippen molar-refractivity contribution < 1.29 is 0 Å². The standard InChI is InChI=1S/C19H16N2O4/c1-19(2,3)21-17(24)13-7-9-5-11-12(16(23)20(4)15(11)22)6-10(9)8-14(13)18(21)25/h5-8H,1-4H3. The Bertz CT molecular complexity index is 1310. The van der Waals surface area contributed by atoms with Crippen molar-refractivity contribution in [1.82, 2.24) is 9.13 Å². The fourth-order valence-corrected chi connectivity index (χ4v) is 3.45. The maximum atomic E-state index is 12.7. The van der Waals surface area contributed by atoms with Crippen molar-refractivity contribution in [3.05, 3.63) is 65.7 Å². The van der Waals surface area contributed by atoms with Gasteiger partial charge >= 0.3 is 0 Å². The Balaban J connectivity index is 2.24. The van der Waals surface area contributed by atoms with Gasteiger partial charge in [0.25, 0.3) is 22.2 Å². The van der Waals surface area contributed by atoms with E-state index < -0.39 is 5.54 Å². The van der Waals surface area contributed by atoms with E-state index in [9.17, 15) is 19.2 Å². The van der Waals surface area contributed by atoms with Crippen LogP contribution < -0.4 is 22.2 Å². The number of benzene rings is 2. The Morgan fingerprint density at radius 1 is 0.640 bits per heavy atom. The third-order valence-electron chi connectivity index (χ3n) is 4.72. The SMILES string of the molecule is Cn1c(=O)c2cc3cc4c(=O)n(C(C)(C)C)c(=O)c4cc3cc2c1=O. The number of hydrogen-bond donors (Lipinski definition) is 0. The van der Waals surface area contributed by atoms with Gasteiger partial charge in [0.2, 0.25) is 0 Å². The van der Waals surface area contributed by atoms with Crippen molar-refractivity contribution in [3.63, 3.8) is 0 Å². The van der Waals surface area contributed by atoms with E-state index in [4.69, 9.17) is 0 Å². The second-order valence-electron chi connectivity index (χ2n) is 7.43. The van der Waals surface area contributed by atoms with Gasteiger partial charge in [-0.2, -0.15) is 0 Å². The number of hydrogen-bond acceptors (Lipinski definition) is 4. The van der Waals surface area contributed by atoms with Gasteiger partial charge in [-0.3, -0.25) is 28.3 Å². The van der Waals surface area contributed by atoms with Gasteiger partial charge in [0.1, 0.15) is 0 Å². The molecule has 0 spiro atoms. The largest absolute Gasteiger partial charge is 0.277 e. The van der Waals surface area contributed by atoms with Crippen molar-refractivity contribution in [2.24, 2.45) is 7.05 Å². The molecule has 4 aromatic rings. The third kappa shape index (κ3) is 1.91. The summed E-state index contributed by atoms with van der Waals surface area (Å²) in [4.78, 5) is 49.7. The minimum absolute atomic E-state index is 0.324. The lowest BCUT2D eigenvalue weighted by Crippen LogP contribution is -2.38. The molecule has 126 valence electrons. The van der Waals surface area contributed by atoms with Crippen LogP contribution in [-0.4, -0.2) is 9.13 Å². The second-order valence-corrected chi connectivity index (χ2v) is 7.43. The first-order valence-corrected chi connectivity index (χ1v) is 7.94. The van der Waals surface area contributed by atoms with Gasteiger partial charge in [-0.25, -0.2) is 0 Å². The van der Waals surface area contributed by atoms with E-state index in [1.807, 2.05) is 0 Å². The average Bonchev–Trinajstić information content (AvgIpc) is 2.90. The maximum Gasteiger partial charge on any atom is 0.262 e. The van der Waals surface area contributed by atoms with E-state index in [1.54, 1.807) is 45.0 Å². The molecule has 0 amide bonds. The smallest absolute Gasteiger partial charge is 0.262 e. The number of aromatic nitrogens is 2. The fourth-order valence-electron chi connectivity index (χ4n) is 3.45. The van der Waals surface area contributed by atoms with Gasteiger partial charge in [-0.15, -0.1) is 0 Å². The highest BCUT2D eigenvalue weighted by molar-refractivity contribution is 6.04. The van der Waals surface area contributed by atoms with Crippen molar-refractivity contribution in [3.8, 4) is 0 Å². The van der Waals surface area contributed by atoms with Gasteiger partial charge in [0.05, 0.1) is 21.5 Å². The summed E-state index contributed by atoms with van der Waals surface area (Å²) in [6, 6.07) is 6.50. The Morgan fingerprint density at radius 2 is 0.960 bits per heavy atom. The topological polar surface area (TPSA) is 78.1 Å². The molecule has 2 aromatic heterocycles. The Hall–Kier alpha value is -3.02. The van der Waals surface area contributed by atoms with Crippen LogP contribution in [0.4, 0.5) is 0 Å². The van der Waals surface area contributed by atoms with Crippen LogP contribution in [0.3, 0.4) is 0 Å². The lowest BCUT2D eigenvalue weighted by molar-refractivity contribution is 0.380. The summed E-state index contributed by atoms with van der Waals surface area (Å²) < 4.78 is 2.31. The van der Waals surface area contributed by atoms with Crippen LogP contribution >= 0.6 is 0 Å². The van der Waals surface area contributed by atoms with Gasteiger partial charge in [-0.05, 0) is 55.8 Å². The molecule has 0 bridgehead atoms. The fraction of sp³-hybridized carbons (Fsp3) is 0.263. The molecular weight excluding hydrogens is 320 g/mol. The van der Waals surface area contributed by atoms with E-state index in [2.05, 4.69) is 0 Å². The minimum atomic E-state index is -0.629. The summed E-state index contributed by atoms with van der Waals surface area (Å²) in [6.07, 6.45) is 0. The zero-order valence-corrected chi connectivity index (χ0v) is 14.3. The van der Waals surface area contributed by atoms with E-state index in [1.165, 1.54) is 11.6 Å². The Labute approximate surface area is 141 Å². The molecule has 25 heavy (non-hydrogen) atoms. The average molecular weight is 336 g/mol. The van der Waals surface area contributed by atoms with Gasteiger partial charge in [0.15, 0.2) is 0 Å². The molecule has 4 rings (SSSR count). The molecule has 2 heterocycles. The predicted molar refractivity (Wildman–Crippen MR) is 98.4 cm³/mol. The molecule has 0 atom stereocenters. The number of nitrogens with zero attached hydrogens (tertiary/aromatic N) is 2. The number of fused-ring (bicyclic) bond motifs is 3. The van der Waals surface area contributed by atoms with Crippen LogP contribution in [0.15, 0.2) is 43.4 Å². The van der Waals surface area contributed by atoms with Crippen molar-refractivity contribution in [2.45, 2.75) is 26.3 Å². The molecule has 6 nitrogen and oxygen atoms in total. The summed E-state index contributed by atoms with van der Waals surface area (Å²) >= 11 is 0. The maximum absolute atomic E-state index is 12.7. The zero-order valence-electron chi connectivity index (χ0n) is 14.3. The Kier molecular flexibility index (Phi) is 2.81. The first kappa shape index (κ1) is 15.5. The van der Waals surface area contributed by atoms with Crippen LogP contribution in [-0.2, 0) is 12.6 Å². The van der Waals surface area contributed by atoms with Crippen molar-refractivity contribution >= 4 is 32.3 Å². The van der Waals surface area contributed by atoms with Crippen molar-refractivity contribution in [1.29, 1.82) is 0 Å². The molecule has 0 saturated heterocycles. The second kappa shape index (κ2) is 4.53. The van der Waals surface area contributed by atoms with Crippen molar-refractivity contribution in [2.75, 3.05) is 0 Å². The molecular formula is C19H16N2O4. The lowest BCUT2D eigenvalue weighted by atomic mass is 10.0.